The molecule has 9 nitrogen and oxygen atoms in total. The normalized spacial score (nSPS) is 13.1. The first-order valence-electron chi connectivity index (χ1n) is 10.6. The molecule has 2 aromatic carbocycles. The highest BCUT2D eigenvalue weighted by Crippen LogP contribution is 2.34. The van der Waals surface area contributed by atoms with Crippen molar-refractivity contribution in [3.63, 3.8) is 0 Å². The maximum absolute atomic E-state index is 12.5. The van der Waals surface area contributed by atoms with Gasteiger partial charge in [0.25, 0.3) is 17.7 Å². The average molecular weight is 481 g/mol. The number of rotatable bonds is 7. The summed E-state index contributed by atoms with van der Waals surface area (Å²) in [4.78, 5) is 38.6. The van der Waals surface area contributed by atoms with Gasteiger partial charge < -0.3 is 9.47 Å². The minimum atomic E-state index is -0.404. The fourth-order valence-electron chi connectivity index (χ4n) is 3.53. The standard InChI is InChI=1S/C24H24N4O5S/c1-24(2,3)17-11-14(32-4)9-10-18(17)33-13-19(29)25-23-27-26-20(34-23)12-28-21(30)15-7-5-6-8-16(15)22(28)31/h5-11H,12-13H2,1-4H3,(H,25,27,29). The largest absolute Gasteiger partial charge is 0.497 e. The van der Waals surface area contributed by atoms with Gasteiger partial charge in [-0.25, -0.2) is 0 Å². The van der Waals surface area contributed by atoms with Gasteiger partial charge in [-0.15, -0.1) is 10.2 Å². The summed E-state index contributed by atoms with van der Waals surface area (Å²) in [6, 6.07) is 12.1. The summed E-state index contributed by atoms with van der Waals surface area (Å²) in [7, 11) is 1.60. The van der Waals surface area contributed by atoms with E-state index in [0.29, 0.717) is 27.6 Å². The molecule has 0 atom stereocenters. The van der Waals surface area contributed by atoms with E-state index in [1.165, 1.54) is 0 Å². The summed E-state index contributed by atoms with van der Waals surface area (Å²) >= 11 is 1.09. The van der Waals surface area contributed by atoms with Crippen LogP contribution in [0.2, 0.25) is 0 Å². The fourth-order valence-corrected chi connectivity index (χ4v) is 4.28. The van der Waals surface area contributed by atoms with Gasteiger partial charge in [-0.1, -0.05) is 44.2 Å². The molecule has 1 aliphatic heterocycles. The molecule has 4 rings (SSSR count). The van der Waals surface area contributed by atoms with Crippen LogP contribution in [0.25, 0.3) is 0 Å². The van der Waals surface area contributed by atoms with Crippen molar-refractivity contribution in [1.29, 1.82) is 0 Å². The van der Waals surface area contributed by atoms with Crippen LogP contribution >= 0.6 is 11.3 Å². The lowest BCUT2D eigenvalue weighted by atomic mass is 9.86. The molecule has 3 aromatic rings. The zero-order valence-corrected chi connectivity index (χ0v) is 20.1. The van der Waals surface area contributed by atoms with E-state index in [4.69, 9.17) is 9.47 Å². The number of carbonyl (C=O) groups is 3. The smallest absolute Gasteiger partial charge is 0.264 e. The second-order valence-corrected chi connectivity index (χ2v) is 9.75. The van der Waals surface area contributed by atoms with Crippen molar-refractivity contribution in [2.24, 2.45) is 0 Å². The topological polar surface area (TPSA) is 111 Å². The minimum Gasteiger partial charge on any atom is -0.497 e. The third-order valence-corrected chi connectivity index (χ3v) is 6.06. The van der Waals surface area contributed by atoms with Crippen molar-refractivity contribution in [3.05, 3.63) is 64.2 Å². The van der Waals surface area contributed by atoms with Gasteiger partial charge in [-0.3, -0.25) is 24.6 Å². The Balaban J connectivity index is 1.37. The Hall–Kier alpha value is -3.79. The van der Waals surface area contributed by atoms with E-state index in [9.17, 15) is 14.4 Å². The van der Waals surface area contributed by atoms with Crippen molar-refractivity contribution in [3.8, 4) is 11.5 Å². The molecule has 0 bridgehead atoms. The van der Waals surface area contributed by atoms with E-state index < -0.39 is 5.91 Å². The monoisotopic (exact) mass is 480 g/mol. The van der Waals surface area contributed by atoms with Gasteiger partial charge in [0.2, 0.25) is 5.13 Å². The maximum Gasteiger partial charge on any atom is 0.264 e. The molecule has 0 spiro atoms. The number of carbonyl (C=O) groups excluding carboxylic acids is 3. The molecule has 0 unspecified atom stereocenters. The van der Waals surface area contributed by atoms with Gasteiger partial charge in [0.15, 0.2) is 6.61 Å². The molecule has 1 aliphatic rings. The first-order valence-corrected chi connectivity index (χ1v) is 11.4. The van der Waals surface area contributed by atoms with Crippen LogP contribution in [0.5, 0.6) is 11.5 Å². The molecule has 0 saturated carbocycles. The molecule has 34 heavy (non-hydrogen) atoms. The summed E-state index contributed by atoms with van der Waals surface area (Å²) in [5.41, 5.74) is 1.45. The molecule has 0 radical (unpaired) electrons. The number of hydrogen-bond acceptors (Lipinski definition) is 8. The van der Waals surface area contributed by atoms with Crippen molar-refractivity contribution < 1.29 is 23.9 Å². The Labute approximate surface area is 200 Å². The molecule has 176 valence electrons. The third-order valence-electron chi connectivity index (χ3n) is 5.24. The van der Waals surface area contributed by atoms with E-state index in [1.54, 1.807) is 43.5 Å². The predicted molar refractivity (Wildman–Crippen MR) is 126 cm³/mol. The lowest BCUT2D eigenvalue weighted by molar-refractivity contribution is -0.118. The Bertz CT molecular complexity index is 1230. The number of benzene rings is 2. The van der Waals surface area contributed by atoms with E-state index in [0.717, 1.165) is 21.8 Å². The van der Waals surface area contributed by atoms with Crippen LogP contribution in [-0.4, -0.2) is 46.5 Å². The highest BCUT2D eigenvalue weighted by atomic mass is 32.1. The molecule has 0 fully saturated rings. The maximum atomic E-state index is 12.5. The van der Waals surface area contributed by atoms with Crippen LogP contribution in [0, 0.1) is 0 Å². The van der Waals surface area contributed by atoms with Crippen LogP contribution in [-0.2, 0) is 16.8 Å². The van der Waals surface area contributed by atoms with Crippen LogP contribution in [0.1, 0.15) is 52.1 Å². The Kier molecular flexibility index (Phi) is 6.34. The second-order valence-electron chi connectivity index (χ2n) is 8.69. The number of ether oxygens (including phenoxy) is 2. The second kappa shape index (κ2) is 9.22. The Morgan fingerprint density at radius 1 is 1.06 bits per heavy atom. The van der Waals surface area contributed by atoms with Gasteiger partial charge in [0, 0.05) is 5.56 Å². The van der Waals surface area contributed by atoms with Gasteiger partial charge in [0.1, 0.15) is 16.5 Å². The number of amides is 3. The number of aromatic nitrogens is 2. The molecule has 0 aliphatic carbocycles. The summed E-state index contributed by atoms with van der Waals surface area (Å²) in [6.07, 6.45) is 0. The van der Waals surface area contributed by atoms with Crippen molar-refractivity contribution >= 4 is 34.2 Å². The zero-order valence-electron chi connectivity index (χ0n) is 19.2. The van der Waals surface area contributed by atoms with Gasteiger partial charge >= 0.3 is 0 Å². The summed E-state index contributed by atoms with van der Waals surface area (Å²) < 4.78 is 11.1. The SMILES string of the molecule is COc1ccc(OCC(=O)Nc2nnc(CN3C(=O)c4ccccc4C3=O)s2)c(C(C)(C)C)c1. The zero-order chi connectivity index (χ0) is 24.5. The molecule has 10 heteroatoms. The highest BCUT2D eigenvalue weighted by Gasteiger charge is 2.35. The number of anilines is 1. The van der Waals surface area contributed by atoms with Crippen molar-refractivity contribution in [2.45, 2.75) is 32.7 Å². The molecule has 1 N–H and O–H groups in total. The predicted octanol–water partition coefficient (Wildman–Crippen LogP) is 3.66. The minimum absolute atomic E-state index is 0.0167. The van der Waals surface area contributed by atoms with Crippen molar-refractivity contribution in [1.82, 2.24) is 15.1 Å². The fraction of sp³-hybridized carbons (Fsp3) is 0.292. The van der Waals surface area contributed by atoms with Crippen LogP contribution in [0.15, 0.2) is 42.5 Å². The van der Waals surface area contributed by atoms with E-state index in [2.05, 4.69) is 15.5 Å². The lowest BCUT2D eigenvalue weighted by Gasteiger charge is -2.23. The number of fused-ring (bicyclic) bond motifs is 1. The number of imide groups is 1. The number of methoxy groups -OCH3 is 1. The number of nitrogens with one attached hydrogen (secondary N) is 1. The summed E-state index contributed by atoms with van der Waals surface area (Å²) in [5.74, 6) is 0.153. The number of hydrogen-bond donors (Lipinski definition) is 1. The van der Waals surface area contributed by atoms with Crippen LogP contribution < -0.4 is 14.8 Å². The van der Waals surface area contributed by atoms with E-state index in [1.807, 2.05) is 26.8 Å². The van der Waals surface area contributed by atoms with Gasteiger partial charge in [-0.2, -0.15) is 0 Å². The number of nitrogens with zero attached hydrogens (tertiary/aromatic N) is 3. The van der Waals surface area contributed by atoms with Gasteiger partial charge in [-0.05, 0) is 35.7 Å². The van der Waals surface area contributed by atoms with E-state index >= 15 is 0 Å². The highest BCUT2D eigenvalue weighted by molar-refractivity contribution is 7.15. The average Bonchev–Trinajstić information content (AvgIpc) is 3.35. The van der Waals surface area contributed by atoms with Gasteiger partial charge in [0.05, 0.1) is 24.8 Å². The Morgan fingerprint density at radius 2 is 1.74 bits per heavy atom. The lowest BCUT2D eigenvalue weighted by Crippen LogP contribution is -2.29. The van der Waals surface area contributed by atoms with E-state index in [-0.39, 0.29) is 35.5 Å². The first-order chi connectivity index (χ1) is 16.2. The summed E-state index contributed by atoms with van der Waals surface area (Å²) in [6.45, 7) is 5.91. The molecular formula is C24H24N4O5S. The third kappa shape index (κ3) is 4.76. The first kappa shape index (κ1) is 23.4. The quantitative estimate of drug-likeness (QED) is 0.514. The molecule has 0 saturated heterocycles. The Morgan fingerprint density at radius 3 is 2.35 bits per heavy atom. The molecule has 2 heterocycles. The molecular weight excluding hydrogens is 456 g/mol. The summed E-state index contributed by atoms with van der Waals surface area (Å²) in [5, 5.41) is 11.3. The molecule has 1 aromatic heterocycles. The molecule has 3 amide bonds. The van der Waals surface area contributed by atoms with Crippen molar-refractivity contribution in [2.75, 3.05) is 19.0 Å². The van der Waals surface area contributed by atoms with Crippen LogP contribution in [0.3, 0.4) is 0 Å². The van der Waals surface area contributed by atoms with Crippen LogP contribution in [0.4, 0.5) is 5.13 Å².